The maximum Gasteiger partial charge on any atom is 0.177 e. The van der Waals surface area contributed by atoms with Gasteiger partial charge in [0.25, 0.3) is 0 Å². The van der Waals surface area contributed by atoms with Crippen LogP contribution in [0.3, 0.4) is 0 Å². The van der Waals surface area contributed by atoms with Crippen molar-refractivity contribution in [2.24, 2.45) is 0 Å². The van der Waals surface area contributed by atoms with E-state index in [0.717, 1.165) is 23.1 Å². The summed E-state index contributed by atoms with van der Waals surface area (Å²) in [5, 5.41) is 3.29. The van der Waals surface area contributed by atoms with E-state index in [1.54, 1.807) is 24.4 Å². The summed E-state index contributed by atoms with van der Waals surface area (Å²) in [7, 11) is -3.33. The molecule has 0 aliphatic rings. The number of nitrogens with one attached hydrogen (secondary N) is 1. The number of benzene rings is 1. The number of halogens is 1. The fourth-order valence-corrected chi connectivity index (χ4v) is 3.37. The number of hydrogen-bond acceptors (Lipinski definition) is 5. The Morgan fingerprint density at radius 3 is 2.41 bits per heavy atom. The molecule has 1 N–H and O–H groups in total. The average Bonchev–Trinajstić information content (AvgIpc) is 2.62. The van der Waals surface area contributed by atoms with Gasteiger partial charge in [0.15, 0.2) is 9.84 Å². The molecule has 0 saturated heterocycles. The Morgan fingerprint density at radius 1 is 1.07 bits per heavy atom. The van der Waals surface area contributed by atoms with E-state index in [2.05, 4.69) is 15.3 Å². The van der Waals surface area contributed by atoms with Crippen LogP contribution in [0.25, 0.3) is 11.1 Å². The minimum absolute atomic E-state index is 0.0430. The smallest absolute Gasteiger partial charge is 0.177 e. The second-order valence-corrected chi connectivity index (χ2v) is 8.44. The van der Waals surface area contributed by atoms with Crippen LogP contribution in [0.4, 0.5) is 10.2 Å². The Kier molecular flexibility index (Phi) is 5.23. The molecule has 2 aromatic heterocycles. The van der Waals surface area contributed by atoms with E-state index in [9.17, 15) is 12.8 Å². The molecule has 0 aliphatic carbocycles. The van der Waals surface area contributed by atoms with Crippen LogP contribution in [0.5, 0.6) is 0 Å². The number of rotatable bonds is 5. The molecule has 0 bridgehead atoms. The fraction of sp³-hybridized carbons (Fsp3) is 0.200. The van der Waals surface area contributed by atoms with Gasteiger partial charge in [-0.2, -0.15) is 0 Å². The first kappa shape index (κ1) is 19.0. The standard InChI is InChI=1S/C20H20FN3O2S/c1-13(15-4-6-17(21)7-5-15)23-20-9-8-19(14(2)24-20)16-10-18(12-22-11-16)27(3,25)26/h4-13H,1-3H3,(H,23,24). The van der Waals surface area contributed by atoms with Gasteiger partial charge in [-0.25, -0.2) is 17.8 Å². The van der Waals surface area contributed by atoms with E-state index >= 15 is 0 Å². The van der Waals surface area contributed by atoms with E-state index in [1.807, 2.05) is 26.0 Å². The van der Waals surface area contributed by atoms with Crippen molar-refractivity contribution >= 4 is 15.7 Å². The summed E-state index contributed by atoms with van der Waals surface area (Å²) in [6, 6.07) is 11.6. The lowest BCUT2D eigenvalue weighted by atomic mass is 10.1. The van der Waals surface area contributed by atoms with Crippen molar-refractivity contribution in [2.45, 2.75) is 24.8 Å². The minimum Gasteiger partial charge on any atom is -0.364 e. The molecule has 7 heteroatoms. The van der Waals surface area contributed by atoms with Gasteiger partial charge in [0.05, 0.1) is 4.90 Å². The van der Waals surface area contributed by atoms with E-state index in [4.69, 9.17) is 0 Å². The van der Waals surface area contributed by atoms with Crippen molar-refractivity contribution in [3.8, 4) is 11.1 Å². The number of sulfone groups is 1. The van der Waals surface area contributed by atoms with Gasteiger partial charge >= 0.3 is 0 Å². The van der Waals surface area contributed by atoms with Crippen molar-refractivity contribution in [2.75, 3.05) is 11.6 Å². The molecule has 27 heavy (non-hydrogen) atoms. The zero-order valence-corrected chi connectivity index (χ0v) is 16.1. The molecule has 1 atom stereocenters. The zero-order chi connectivity index (χ0) is 19.6. The third kappa shape index (κ3) is 4.49. The lowest BCUT2D eigenvalue weighted by molar-refractivity contribution is 0.601. The van der Waals surface area contributed by atoms with Gasteiger partial charge in [0.1, 0.15) is 11.6 Å². The summed E-state index contributed by atoms with van der Waals surface area (Å²) in [5.41, 5.74) is 3.21. The highest BCUT2D eigenvalue weighted by molar-refractivity contribution is 7.90. The molecule has 0 radical (unpaired) electrons. The van der Waals surface area contributed by atoms with Gasteiger partial charge in [-0.1, -0.05) is 12.1 Å². The third-order valence-corrected chi connectivity index (χ3v) is 5.35. The normalized spacial score (nSPS) is 12.6. The molecule has 3 aromatic rings. The monoisotopic (exact) mass is 385 g/mol. The highest BCUT2D eigenvalue weighted by Crippen LogP contribution is 2.26. The lowest BCUT2D eigenvalue weighted by Gasteiger charge is -2.16. The second kappa shape index (κ2) is 7.44. The molecule has 0 spiro atoms. The van der Waals surface area contributed by atoms with Crippen LogP contribution in [0, 0.1) is 12.7 Å². The van der Waals surface area contributed by atoms with E-state index in [0.29, 0.717) is 11.4 Å². The Balaban J connectivity index is 1.85. The summed E-state index contributed by atoms with van der Waals surface area (Å²) in [6.07, 6.45) is 4.11. The molecule has 2 heterocycles. The molecule has 3 rings (SSSR count). The van der Waals surface area contributed by atoms with Gasteiger partial charge in [-0.15, -0.1) is 0 Å². The van der Waals surface area contributed by atoms with Crippen molar-refractivity contribution in [1.29, 1.82) is 0 Å². The first-order chi connectivity index (χ1) is 12.7. The van der Waals surface area contributed by atoms with Gasteiger partial charge in [-0.3, -0.25) is 4.98 Å². The highest BCUT2D eigenvalue weighted by atomic mass is 32.2. The maximum absolute atomic E-state index is 13.1. The predicted molar refractivity (Wildman–Crippen MR) is 104 cm³/mol. The average molecular weight is 385 g/mol. The zero-order valence-electron chi connectivity index (χ0n) is 15.3. The SMILES string of the molecule is Cc1nc(NC(C)c2ccc(F)cc2)ccc1-c1cncc(S(C)(=O)=O)c1. The Morgan fingerprint density at radius 2 is 1.78 bits per heavy atom. The van der Waals surface area contributed by atoms with Crippen molar-refractivity contribution in [3.63, 3.8) is 0 Å². The predicted octanol–water partition coefficient (Wildman–Crippen LogP) is 4.17. The summed E-state index contributed by atoms with van der Waals surface area (Å²) in [6.45, 7) is 3.83. The number of aryl methyl sites for hydroxylation is 1. The van der Waals surface area contributed by atoms with Crippen molar-refractivity contribution in [3.05, 3.63) is 71.9 Å². The van der Waals surface area contributed by atoms with Gasteiger partial charge in [0.2, 0.25) is 0 Å². The van der Waals surface area contributed by atoms with E-state index < -0.39 is 9.84 Å². The van der Waals surface area contributed by atoms with Crippen LogP contribution in [0.1, 0.15) is 24.2 Å². The van der Waals surface area contributed by atoms with Crippen LogP contribution < -0.4 is 5.32 Å². The first-order valence-corrected chi connectivity index (χ1v) is 10.3. The summed E-state index contributed by atoms with van der Waals surface area (Å²) in [4.78, 5) is 8.77. The number of nitrogens with zero attached hydrogens (tertiary/aromatic N) is 2. The van der Waals surface area contributed by atoms with Crippen LogP contribution in [0.15, 0.2) is 59.8 Å². The number of aromatic nitrogens is 2. The molecule has 0 aliphatic heterocycles. The maximum atomic E-state index is 13.1. The molecule has 140 valence electrons. The summed E-state index contributed by atoms with van der Waals surface area (Å²) in [5.74, 6) is 0.412. The highest BCUT2D eigenvalue weighted by Gasteiger charge is 2.12. The van der Waals surface area contributed by atoms with Crippen LogP contribution >= 0.6 is 0 Å². The molecule has 1 aromatic carbocycles. The number of anilines is 1. The molecule has 5 nitrogen and oxygen atoms in total. The first-order valence-electron chi connectivity index (χ1n) is 8.39. The van der Waals surface area contributed by atoms with Gasteiger partial charge in [-0.05, 0) is 49.7 Å². The van der Waals surface area contributed by atoms with E-state index in [-0.39, 0.29) is 16.8 Å². The van der Waals surface area contributed by atoms with Crippen LogP contribution in [0.2, 0.25) is 0 Å². The number of pyridine rings is 2. The fourth-order valence-electron chi connectivity index (χ4n) is 2.77. The van der Waals surface area contributed by atoms with E-state index in [1.165, 1.54) is 18.3 Å². The number of hydrogen-bond donors (Lipinski definition) is 1. The molecule has 0 amide bonds. The molecule has 0 fully saturated rings. The largest absolute Gasteiger partial charge is 0.364 e. The van der Waals surface area contributed by atoms with Gasteiger partial charge in [0, 0.05) is 41.5 Å². The molecular formula is C20H20FN3O2S. The topological polar surface area (TPSA) is 72.0 Å². The molecular weight excluding hydrogens is 365 g/mol. The Hall–Kier alpha value is -2.80. The summed E-state index contributed by atoms with van der Waals surface area (Å²) >= 11 is 0. The van der Waals surface area contributed by atoms with Crippen molar-refractivity contribution < 1.29 is 12.8 Å². The second-order valence-electron chi connectivity index (χ2n) is 6.43. The molecule has 0 saturated carbocycles. The van der Waals surface area contributed by atoms with Gasteiger partial charge < -0.3 is 5.32 Å². The molecule has 1 unspecified atom stereocenters. The van der Waals surface area contributed by atoms with Crippen LogP contribution in [-0.4, -0.2) is 24.6 Å². The Bertz CT molecular complexity index is 1070. The summed E-state index contributed by atoms with van der Waals surface area (Å²) < 4.78 is 36.5. The minimum atomic E-state index is -3.33. The third-order valence-electron chi connectivity index (χ3n) is 4.27. The van der Waals surface area contributed by atoms with Crippen LogP contribution in [-0.2, 0) is 9.84 Å². The van der Waals surface area contributed by atoms with Crippen molar-refractivity contribution in [1.82, 2.24) is 9.97 Å². The lowest BCUT2D eigenvalue weighted by Crippen LogP contribution is -2.08. The quantitative estimate of drug-likeness (QED) is 0.714. The Labute approximate surface area is 158 Å².